The van der Waals surface area contributed by atoms with Gasteiger partial charge in [0, 0.05) is 38.0 Å². The van der Waals surface area contributed by atoms with Crippen LogP contribution < -0.4 is 25.4 Å². The maximum absolute atomic E-state index is 11.8. The second kappa shape index (κ2) is 11.7. The van der Waals surface area contributed by atoms with Gasteiger partial charge in [-0.1, -0.05) is 25.3 Å². The number of hydrogen-bond acceptors (Lipinski definition) is 4. The smallest absolute Gasteiger partial charge is 0.221 e. The molecule has 0 atom stereocenters. The molecule has 1 aliphatic carbocycles. The van der Waals surface area contributed by atoms with Gasteiger partial charge in [0.1, 0.15) is 0 Å². The second-order valence-corrected chi connectivity index (χ2v) is 8.24. The predicted octanol–water partition coefficient (Wildman–Crippen LogP) is 2.99. The molecule has 7 nitrogen and oxygen atoms in total. The molecule has 1 amide bonds. The monoisotopic (exact) mass is 418 g/mol. The Kier molecular flexibility index (Phi) is 9.27. The average Bonchev–Trinajstić information content (AvgIpc) is 2.75. The van der Waals surface area contributed by atoms with Crippen LogP contribution >= 0.6 is 0 Å². The van der Waals surface area contributed by atoms with Crippen molar-refractivity contribution >= 4 is 11.9 Å². The van der Waals surface area contributed by atoms with Crippen molar-refractivity contribution in [3.63, 3.8) is 0 Å². The number of hydrogen-bond donors (Lipinski definition) is 3. The summed E-state index contributed by atoms with van der Waals surface area (Å²) in [7, 11) is 5.09. The standard InChI is InChI=1S/C23H38N4O3/c1-17(2)27-21(28)11-14-25-22(24-3)26-16-23(12-7-6-8-13-23)18-9-10-19(29-4)20(15-18)30-5/h9-10,15,17H,6-8,11-14,16H2,1-5H3,(H,27,28)(H2,24,25,26). The average molecular weight is 419 g/mol. The Bertz CT molecular complexity index is 712. The summed E-state index contributed by atoms with van der Waals surface area (Å²) in [5, 5.41) is 9.65. The number of aliphatic imine (C=N–C) groups is 1. The van der Waals surface area contributed by atoms with Crippen LogP contribution in [0.15, 0.2) is 23.2 Å². The largest absolute Gasteiger partial charge is 0.493 e. The maximum atomic E-state index is 11.8. The number of methoxy groups -OCH3 is 2. The Balaban J connectivity index is 2.04. The molecule has 3 N–H and O–H groups in total. The van der Waals surface area contributed by atoms with Crippen LogP contribution in [0.2, 0.25) is 0 Å². The summed E-state index contributed by atoms with van der Waals surface area (Å²) in [6, 6.07) is 6.41. The fourth-order valence-corrected chi connectivity index (χ4v) is 4.12. The van der Waals surface area contributed by atoms with Crippen LogP contribution in [0.5, 0.6) is 11.5 Å². The minimum absolute atomic E-state index is 0.0183. The molecule has 0 aliphatic heterocycles. The Morgan fingerprint density at radius 2 is 1.80 bits per heavy atom. The van der Waals surface area contributed by atoms with Crippen LogP contribution in [0.4, 0.5) is 0 Å². The van der Waals surface area contributed by atoms with Crippen molar-refractivity contribution in [2.75, 3.05) is 34.4 Å². The molecule has 0 aromatic heterocycles. The predicted molar refractivity (Wildman–Crippen MR) is 122 cm³/mol. The Morgan fingerprint density at radius 1 is 1.10 bits per heavy atom. The third-order valence-corrected chi connectivity index (χ3v) is 5.72. The summed E-state index contributed by atoms with van der Waals surface area (Å²) in [5.41, 5.74) is 1.28. The molecule has 1 aliphatic rings. The van der Waals surface area contributed by atoms with Crippen molar-refractivity contribution in [2.45, 2.75) is 63.8 Å². The van der Waals surface area contributed by atoms with E-state index in [1.165, 1.54) is 24.8 Å². The topological polar surface area (TPSA) is 84.0 Å². The number of rotatable bonds is 9. The lowest BCUT2D eigenvalue weighted by molar-refractivity contribution is -0.121. The highest BCUT2D eigenvalue weighted by atomic mass is 16.5. The second-order valence-electron chi connectivity index (χ2n) is 8.24. The minimum Gasteiger partial charge on any atom is -0.493 e. The number of guanidine groups is 1. The first-order valence-electron chi connectivity index (χ1n) is 10.9. The van der Waals surface area contributed by atoms with E-state index < -0.39 is 0 Å². The molecule has 1 aromatic carbocycles. The summed E-state index contributed by atoms with van der Waals surface area (Å²) < 4.78 is 11.0. The zero-order chi connectivity index (χ0) is 22.0. The number of amides is 1. The van der Waals surface area contributed by atoms with Gasteiger partial charge in [0.05, 0.1) is 14.2 Å². The molecule has 0 spiro atoms. The Morgan fingerprint density at radius 3 is 2.40 bits per heavy atom. The highest BCUT2D eigenvalue weighted by molar-refractivity contribution is 5.81. The van der Waals surface area contributed by atoms with E-state index in [0.717, 1.165) is 36.8 Å². The first-order chi connectivity index (χ1) is 14.4. The lowest BCUT2D eigenvalue weighted by Crippen LogP contribution is -2.47. The molecule has 168 valence electrons. The Labute approximate surface area is 181 Å². The van der Waals surface area contributed by atoms with Crippen molar-refractivity contribution < 1.29 is 14.3 Å². The summed E-state index contributed by atoms with van der Waals surface area (Å²) in [4.78, 5) is 16.2. The van der Waals surface area contributed by atoms with Gasteiger partial charge in [-0.2, -0.15) is 0 Å². The number of carbonyl (C=O) groups is 1. The van der Waals surface area contributed by atoms with Crippen molar-refractivity contribution in [1.29, 1.82) is 0 Å². The first kappa shape index (κ1) is 23.8. The number of nitrogens with one attached hydrogen (secondary N) is 3. The van der Waals surface area contributed by atoms with E-state index in [2.05, 4.69) is 33.1 Å². The van der Waals surface area contributed by atoms with E-state index in [1.807, 2.05) is 19.9 Å². The maximum Gasteiger partial charge on any atom is 0.221 e. The van der Waals surface area contributed by atoms with Gasteiger partial charge < -0.3 is 25.4 Å². The van der Waals surface area contributed by atoms with Gasteiger partial charge in [0.15, 0.2) is 17.5 Å². The van der Waals surface area contributed by atoms with Gasteiger partial charge in [0.2, 0.25) is 5.91 Å². The Hall–Kier alpha value is -2.44. The molecule has 0 saturated heterocycles. The summed E-state index contributed by atoms with van der Waals surface area (Å²) in [5.74, 6) is 2.27. The van der Waals surface area contributed by atoms with Gasteiger partial charge in [-0.05, 0) is 44.4 Å². The molecule has 0 unspecified atom stereocenters. The van der Waals surface area contributed by atoms with Crippen molar-refractivity contribution in [3.8, 4) is 11.5 Å². The third-order valence-electron chi connectivity index (χ3n) is 5.72. The van der Waals surface area contributed by atoms with E-state index in [1.54, 1.807) is 21.3 Å². The number of benzene rings is 1. The number of carbonyl (C=O) groups excluding carboxylic acids is 1. The van der Waals surface area contributed by atoms with Gasteiger partial charge in [-0.15, -0.1) is 0 Å². The highest BCUT2D eigenvalue weighted by Crippen LogP contribution is 2.42. The molecule has 1 aromatic rings. The first-order valence-corrected chi connectivity index (χ1v) is 10.9. The highest BCUT2D eigenvalue weighted by Gasteiger charge is 2.34. The number of ether oxygens (including phenoxy) is 2. The zero-order valence-electron chi connectivity index (χ0n) is 19.1. The van der Waals surface area contributed by atoms with Gasteiger partial charge in [-0.3, -0.25) is 9.79 Å². The molecule has 7 heteroatoms. The number of nitrogens with zero attached hydrogens (tertiary/aromatic N) is 1. The molecular weight excluding hydrogens is 380 g/mol. The summed E-state index contributed by atoms with van der Waals surface area (Å²) >= 11 is 0. The molecule has 1 fully saturated rings. The van der Waals surface area contributed by atoms with E-state index in [0.29, 0.717) is 13.0 Å². The van der Waals surface area contributed by atoms with E-state index in [4.69, 9.17) is 9.47 Å². The fraction of sp³-hybridized carbons (Fsp3) is 0.652. The molecule has 1 saturated carbocycles. The van der Waals surface area contributed by atoms with E-state index in [9.17, 15) is 4.79 Å². The van der Waals surface area contributed by atoms with Gasteiger partial charge in [0.25, 0.3) is 0 Å². The lowest BCUT2D eigenvalue weighted by Gasteiger charge is -2.38. The van der Waals surface area contributed by atoms with Gasteiger partial charge in [-0.25, -0.2) is 0 Å². The molecule has 0 bridgehead atoms. The van der Waals surface area contributed by atoms with Crippen LogP contribution in [-0.4, -0.2) is 52.3 Å². The minimum atomic E-state index is 0.0183. The van der Waals surface area contributed by atoms with Crippen LogP contribution in [0.1, 0.15) is 57.9 Å². The van der Waals surface area contributed by atoms with Crippen molar-refractivity contribution in [3.05, 3.63) is 23.8 Å². The zero-order valence-corrected chi connectivity index (χ0v) is 19.1. The van der Waals surface area contributed by atoms with E-state index in [-0.39, 0.29) is 17.4 Å². The molecule has 2 rings (SSSR count). The molecular formula is C23H38N4O3. The van der Waals surface area contributed by atoms with E-state index >= 15 is 0 Å². The lowest BCUT2D eigenvalue weighted by atomic mass is 9.69. The van der Waals surface area contributed by atoms with Crippen molar-refractivity contribution in [1.82, 2.24) is 16.0 Å². The summed E-state index contributed by atoms with van der Waals surface area (Å²) in [6.45, 7) is 5.25. The molecule has 0 radical (unpaired) electrons. The van der Waals surface area contributed by atoms with Crippen molar-refractivity contribution in [2.24, 2.45) is 4.99 Å². The SMILES string of the molecule is CN=C(NCCC(=O)NC(C)C)NCC1(c2ccc(OC)c(OC)c2)CCCCC1. The van der Waals surface area contributed by atoms with Crippen LogP contribution in [-0.2, 0) is 10.2 Å². The fourth-order valence-electron chi connectivity index (χ4n) is 4.12. The molecule has 30 heavy (non-hydrogen) atoms. The third kappa shape index (κ3) is 6.54. The van der Waals surface area contributed by atoms with Gasteiger partial charge >= 0.3 is 0 Å². The summed E-state index contributed by atoms with van der Waals surface area (Å²) in [6.07, 6.45) is 6.33. The van der Waals surface area contributed by atoms with Crippen LogP contribution in [0.3, 0.4) is 0 Å². The normalized spacial score (nSPS) is 16.1. The van der Waals surface area contributed by atoms with Crippen LogP contribution in [0.25, 0.3) is 0 Å². The molecule has 0 heterocycles. The quantitative estimate of drug-likeness (QED) is 0.424. The van der Waals surface area contributed by atoms with Crippen LogP contribution in [0, 0.1) is 0 Å².